The van der Waals surface area contributed by atoms with Gasteiger partial charge in [-0.25, -0.2) is 0 Å². The fraction of sp³-hybridized carbons (Fsp3) is 0.833. The fourth-order valence-electron chi connectivity index (χ4n) is 0. The Labute approximate surface area is 75.8 Å². The fourth-order valence-corrected chi connectivity index (χ4v) is 0. The third-order valence-electron chi connectivity index (χ3n) is 0.500. The molecule has 2 nitrogen and oxygen atoms in total. The molecule has 0 aromatic carbocycles. The Morgan fingerprint density at radius 1 is 1.33 bits per heavy atom. The van der Waals surface area contributed by atoms with Crippen LogP contribution in [0.2, 0.25) is 0 Å². The summed E-state index contributed by atoms with van der Waals surface area (Å²) in [5.41, 5.74) is 0. The van der Waals surface area contributed by atoms with Gasteiger partial charge in [-0.05, 0) is 0 Å². The van der Waals surface area contributed by atoms with Crippen molar-refractivity contribution in [1.29, 1.82) is 0 Å². The van der Waals surface area contributed by atoms with E-state index in [2.05, 4.69) is 13.8 Å². The van der Waals surface area contributed by atoms with Gasteiger partial charge in [0.05, 0.1) is 0 Å². The van der Waals surface area contributed by atoms with Gasteiger partial charge in [-0.3, -0.25) is 4.79 Å². The number of hydrogen-bond donors (Lipinski definition) is 1. The van der Waals surface area contributed by atoms with Crippen LogP contribution in [0.4, 0.5) is 0 Å². The molecule has 0 atom stereocenters. The van der Waals surface area contributed by atoms with E-state index in [0.717, 1.165) is 6.92 Å². The minimum atomic E-state index is -0.833. The van der Waals surface area contributed by atoms with Gasteiger partial charge < -0.3 is 5.11 Å². The molecule has 0 amide bonds. The molecular weight excluding hydrogens is 313 g/mol. The number of aliphatic carboxylic acids is 1. The molecule has 0 heterocycles. The van der Waals surface area contributed by atoms with Gasteiger partial charge in [0.2, 0.25) is 0 Å². The van der Waals surface area contributed by atoms with Crippen LogP contribution in [-0.2, 0) is 4.79 Å². The number of carboxylic acid groups (broad SMARTS) is 1. The Morgan fingerprint density at radius 2 is 1.44 bits per heavy atom. The van der Waals surface area contributed by atoms with Crippen molar-refractivity contribution < 1.29 is 9.90 Å². The van der Waals surface area contributed by atoms with E-state index in [1.165, 1.54) is 12.8 Å². The second-order valence-electron chi connectivity index (χ2n) is 1.52. The molecule has 58 valence electrons. The third kappa shape index (κ3) is 184. The first-order valence-electron chi connectivity index (χ1n) is 2.84. The van der Waals surface area contributed by atoms with Crippen LogP contribution >= 0.6 is 0 Å². The number of hydrogen-bond acceptors (Lipinski definition) is 1. The summed E-state index contributed by atoms with van der Waals surface area (Å²) in [6.07, 6.45) is 2.64. The van der Waals surface area contributed by atoms with Crippen molar-refractivity contribution in [3.8, 4) is 0 Å². The van der Waals surface area contributed by atoms with E-state index in [9.17, 15) is 0 Å². The summed E-state index contributed by atoms with van der Waals surface area (Å²) in [6.45, 7) is 5.44. The van der Waals surface area contributed by atoms with Crippen LogP contribution in [0.1, 0.15) is 33.6 Å². The number of unbranched alkanes of at least 4 members (excludes halogenated alkanes) is 1. The van der Waals surface area contributed by atoms with E-state index < -0.39 is 5.97 Å². The monoisotopic (exact) mass is 330 g/mol. The molecule has 0 spiro atoms. The summed E-state index contributed by atoms with van der Waals surface area (Å²) in [6, 6.07) is 0. The minimum absolute atomic E-state index is 0. The average molecular weight is 330 g/mol. The first kappa shape index (κ1) is 16.2. The van der Waals surface area contributed by atoms with Crippen LogP contribution in [0.25, 0.3) is 0 Å². The van der Waals surface area contributed by atoms with E-state index in [-0.39, 0.29) is 26.2 Å². The third-order valence-corrected chi connectivity index (χ3v) is 0.500. The molecule has 0 aliphatic carbocycles. The molecular formula is C6H17BiO2. The zero-order valence-electron chi connectivity index (χ0n) is 6.48. The van der Waals surface area contributed by atoms with Gasteiger partial charge in [-0.2, -0.15) is 0 Å². The summed E-state index contributed by atoms with van der Waals surface area (Å²) in [4.78, 5) is 9.00. The van der Waals surface area contributed by atoms with Gasteiger partial charge >= 0.3 is 26.2 Å². The van der Waals surface area contributed by atoms with Gasteiger partial charge in [0.1, 0.15) is 0 Å². The Kier molecular flexibility index (Phi) is 28.3. The molecule has 0 rings (SSSR count). The normalized spacial score (nSPS) is 6.11. The van der Waals surface area contributed by atoms with Crippen molar-refractivity contribution in [3.63, 3.8) is 0 Å². The van der Waals surface area contributed by atoms with Gasteiger partial charge in [-0.1, -0.05) is 26.7 Å². The van der Waals surface area contributed by atoms with E-state index >= 15 is 0 Å². The molecule has 0 unspecified atom stereocenters. The van der Waals surface area contributed by atoms with Gasteiger partial charge in [0.15, 0.2) is 0 Å². The Bertz CT molecular complexity index is 49.0. The van der Waals surface area contributed by atoms with Crippen LogP contribution < -0.4 is 0 Å². The summed E-state index contributed by atoms with van der Waals surface area (Å²) < 4.78 is 0. The van der Waals surface area contributed by atoms with E-state index in [0.29, 0.717) is 0 Å². The van der Waals surface area contributed by atoms with E-state index in [1.54, 1.807) is 0 Å². The van der Waals surface area contributed by atoms with Crippen LogP contribution in [0.3, 0.4) is 0 Å². The van der Waals surface area contributed by atoms with Crippen molar-refractivity contribution >= 4 is 32.2 Å². The van der Waals surface area contributed by atoms with Crippen molar-refractivity contribution in [2.45, 2.75) is 33.6 Å². The van der Waals surface area contributed by atoms with E-state index in [1.807, 2.05) is 0 Å². The molecule has 0 bridgehead atoms. The molecule has 0 aliphatic heterocycles. The van der Waals surface area contributed by atoms with Crippen molar-refractivity contribution in [2.24, 2.45) is 0 Å². The maximum atomic E-state index is 9.00. The van der Waals surface area contributed by atoms with Gasteiger partial charge in [0.25, 0.3) is 5.97 Å². The van der Waals surface area contributed by atoms with E-state index in [4.69, 9.17) is 9.90 Å². The first-order valence-corrected chi connectivity index (χ1v) is 2.84. The zero-order chi connectivity index (χ0) is 6.99. The first-order chi connectivity index (χ1) is 3.65. The number of carbonyl (C=O) groups is 1. The summed E-state index contributed by atoms with van der Waals surface area (Å²) >= 11 is 0. The molecule has 0 radical (unpaired) electrons. The molecule has 3 heteroatoms. The van der Waals surface area contributed by atoms with Crippen LogP contribution in [0.15, 0.2) is 0 Å². The molecule has 0 aromatic rings. The van der Waals surface area contributed by atoms with Gasteiger partial charge in [-0.15, -0.1) is 0 Å². The van der Waals surface area contributed by atoms with Crippen molar-refractivity contribution in [1.82, 2.24) is 0 Å². The molecule has 1 N–H and O–H groups in total. The predicted octanol–water partition coefficient (Wildman–Crippen LogP) is 0.713. The zero-order valence-corrected chi connectivity index (χ0v) is 12.0. The second kappa shape index (κ2) is 15.8. The quantitative estimate of drug-likeness (QED) is 0.719. The predicted molar refractivity (Wildman–Crippen MR) is 43.8 cm³/mol. The summed E-state index contributed by atoms with van der Waals surface area (Å²) in [5.74, 6) is -0.833. The van der Waals surface area contributed by atoms with Crippen LogP contribution in [0, 0.1) is 0 Å². The molecule has 0 saturated carbocycles. The number of carboxylic acids is 1. The standard InChI is InChI=1S/C4H10.C2H4O2.Bi.3H/c1-3-4-2;1-2(3)4;;;;/h3-4H2,1-2H3;1H3,(H,3,4);;;;. The summed E-state index contributed by atoms with van der Waals surface area (Å²) in [5, 5.41) is 7.42. The van der Waals surface area contributed by atoms with Crippen LogP contribution in [0.5, 0.6) is 0 Å². The Morgan fingerprint density at radius 3 is 1.44 bits per heavy atom. The molecule has 0 aromatic heterocycles. The second-order valence-corrected chi connectivity index (χ2v) is 1.52. The van der Waals surface area contributed by atoms with Gasteiger partial charge in [0, 0.05) is 6.92 Å². The summed E-state index contributed by atoms with van der Waals surface area (Å²) in [7, 11) is 0. The number of rotatable bonds is 1. The molecule has 0 saturated heterocycles. The maximum absolute atomic E-state index is 9.00. The Hall–Kier alpha value is 0.353. The molecule has 9 heavy (non-hydrogen) atoms. The average Bonchev–Trinajstić information content (AvgIpc) is 1.65. The molecule has 0 aliphatic rings. The van der Waals surface area contributed by atoms with Crippen LogP contribution in [-0.4, -0.2) is 37.3 Å². The van der Waals surface area contributed by atoms with Crippen molar-refractivity contribution in [3.05, 3.63) is 0 Å². The Balaban J connectivity index is -0.0000000720. The SMILES string of the molecule is CC(=O)O.CCCC.[BiH3]. The molecule has 0 fully saturated rings. The van der Waals surface area contributed by atoms with Crippen molar-refractivity contribution in [2.75, 3.05) is 0 Å². The topological polar surface area (TPSA) is 37.3 Å².